The predicted molar refractivity (Wildman–Crippen MR) is 226 cm³/mol. The van der Waals surface area contributed by atoms with E-state index in [1.807, 2.05) is 0 Å². The van der Waals surface area contributed by atoms with Gasteiger partial charge >= 0.3 is 0 Å². The van der Waals surface area contributed by atoms with Crippen molar-refractivity contribution in [1.29, 1.82) is 0 Å². The molecule has 6 saturated carbocycles. The van der Waals surface area contributed by atoms with E-state index in [1.165, 1.54) is 80.4 Å². The number of hydrogen-bond acceptors (Lipinski definition) is 4. The summed E-state index contributed by atoms with van der Waals surface area (Å²) in [6.07, 6.45) is 36.2. The molecule has 0 amide bonds. The number of thioether (sulfide) groups is 2. The molecule has 2 N–H and O–H groups in total. The average Bonchev–Trinajstić information content (AvgIpc) is 3.81. The van der Waals surface area contributed by atoms with E-state index in [2.05, 4.69) is 74.5 Å². The smallest absolute Gasteiger partial charge is 0.131 e. The summed E-state index contributed by atoms with van der Waals surface area (Å²) in [6.45, 7) is 13.6. The maximum Gasteiger partial charge on any atom is 0.131 e. The Kier molecular flexibility index (Phi) is 11.4. The van der Waals surface area contributed by atoms with Crippen LogP contribution >= 0.6 is 23.5 Å². The Morgan fingerprint density at radius 2 is 1.23 bits per heavy atom. The van der Waals surface area contributed by atoms with Crippen molar-refractivity contribution in [3.63, 3.8) is 0 Å². The second-order valence-corrected chi connectivity index (χ2v) is 21.2. The second-order valence-electron chi connectivity index (χ2n) is 18.1. The van der Waals surface area contributed by atoms with Gasteiger partial charge in [-0.25, -0.2) is 0 Å². The standard InChI is InChI=1S/C24H32OS2.C22H30O.2CH4/c1-4-22-14-16(3)21-18-8-11-24(26-12-13-27-24)15-17(18)6-7-19(21)20(22)9-10-23(22,25)5-2;1-4-21-14-15(3)20-17-9-7-6-8-16(17)10-11-18(20)19(21)12-13-22(21,23)5-2;;/h2,15,18-21,25H,3-4,6-14H2,1H3;2,8,17-20,23H,3-4,6-7,9-14H2,1H3;2*1H4/t18?,19?,20?,21?,22-,23-;17?,18?,19?,20?,21-,22-;;/m00../s1. The van der Waals surface area contributed by atoms with Gasteiger partial charge < -0.3 is 10.2 Å². The zero-order valence-electron chi connectivity index (χ0n) is 31.0. The molecule has 12 atom stereocenters. The van der Waals surface area contributed by atoms with E-state index >= 15 is 0 Å². The van der Waals surface area contributed by atoms with Gasteiger partial charge in [0.05, 0.1) is 4.08 Å². The summed E-state index contributed by atoms with van der Waals surface area (Å²) >= 11 is 4.36. The van der Waals surface area contributed by atoms with E-state index in [-0.39, 0.29) is 25.7 Å². The fraction of sp³-hybridized carbons (Fsp3) is 0.750. The average molecular weight is 743 g/mol. The van der Waals surface area contributed by atoms with Gasteiger partial charge in [0.25, 0.3) is 0 Å². The highest BCUT2D eigenvalue weighted by molar-refractivity contribution is 8.21. The Morgan fingerprint density at radius 3 is 1.73 bits per heavy atom. The van der Waals surface area contributed by atoms with Crippen LogP contribution < -0.4 is 0 Å². The minimum atomic E-state index is -0.926. The van der Waals surface area contributed by atoms with Crippen molar-refractivity contribution in [2.24, 2.45) is 58.2 Å². The lowest BCUT2D eigenvalue weighted by Crippen LogP contribution is -2.54. The Balaban J connectivity index is 0.000000174. The molecule has 0 bridgehead atoms. The lowest BCUT2D eigenvalue weighted by molar-refractivity contribution is -0.0789. The van der Waals surface area contributed by atoms with Gasteiger partial charge in [0.1, 0.15) is 11.2 Å². The molecular formula is C48H70O2S2. The minimum absolute atomic E-state index is 0. The topological polar surface area (TPSA) is 40.5 Å². The zero-order valence-corrected chi connectivity index (χ0v) is 32.6. The van der Waals surface area contributed by atoms with Crippen LogP contribution in [0.25, 0.3) is 0 Å². The summed E-state index contributed by atoms with van der Waals surface area (Å²) in [5.41, 5.74) is 4.15. The van der Waals surface area contributed by atoms with E-state index in [4.69, 9.17) is 12.8 Å². The molecule has 4 heteroatoms. The van der Waals surface area contributed by atoms with E-state index in [0.717, 1.165) is 57.3 Å². The Hall–Kier alpha value is -1.30. The number of rotatable bonds is 2. The maximum absolute atomic E-state index is 11.3. The first kappa shape index (κ1) is 40.4. The number of aliphatic hydroxyl groups is 2. The van der Waals surface area contributed by atoms with Crippen LogP contribution in [0, 0.1) is 82.9 Å². The van der Waals surface area contributed by atoms with Gasteiger partial charge in [-0.05, 0) is 156 Å². The van der Waals surface area contributed by atoms with Crippen molar-refractivity contribution in [3.8, 4) is 24.7 Å². The molecule has 7 fully saturated rings. The predicted octanol–water partition coefficient (Wildman–Crippen LogP) is 11.8. The first-order valence-electron chi connectivity index (χ1n) is 20.5. The second kappa shape index (κ2) is 14.6. The molecule has 8 unspecified atom stereocenters. The van der Waals surface area contributed by atoms with Crippen molar-refractivity contribution in [2.75, 3.05) is 11.5 Å². The zero-order chi connectivity index (χ0) is 35.1. The molecule has 9 rings (SSSR count). The monoisotopic (exact) mass is 742 g/mol. The molecule has 8 aliphatic carbocycles. The summed E-state index contributed by atoms with van der Waals surface area (Å²) in [5.74, 6) is 13.5. The highest BCUT2D eigenvalue weighted by atomic mass is 32.2. The van der Waals surface area contributed by atoms with Gasteiger partial charge in [-0.15, -0.1) is 36.4 Å². The fourth-order valence-electron chi connectivity index (χ4n) is 14.8. The van der Waals surface area contributed by atoms with E-state index in [0.29, 0.717) is 45.5 Å². The van der Waals surface area contributed by atoms with Crippen LogP contribution in [-0.4, -0.2) is 37.0 Å². The third-order valence-electron chi connectivity index (χ3n) is 16.9. The lowest BCUT2D eigenvalue weighted by atomic mass is 9.48. The summed E-state index contributed by atoms with van der Waals surface area (Å²) in [7, 11) is 0. The maximum atomic E-state index is 11.3. The van der Waals surface area contributed by atoms with Gasteiger partial charge in [0, 0.05) is 22.3 Å². The fourth-order valence-corrected chi connectivity index (χ4v) is 17.9. The molecule has 9 aliphatic rings. The quantitative estimate of drug-likeness (QED) is 0.218. The van der Waals surface area contributed by atoms with Crippen LogP contribution in [-0.2, 0) is 0 Å². The summed E-state index contributed by atoms with van der Waals surface area (Å²) in [6, 6.07) is 0. The molecule has 1 aliphatic heterocycles. The van der Waals surface area contributed by atoms with Crippen molar-refractivity contribution < 1.29 is 10.2 Å². The molecular weight excluding hydrogens is 673 g/mol. The van der Waals surface area contributed by atoms with Crippen LogP contribution in [0.15, 0.2) is 47.6 Å². The van der Waals surface area contributed by atoms with Crippen LogP contribution in [0.1, 0.15) is 138 Å². The SMILES string of the molecule is C.C.C#C[C@]1(O)CCC2C3CCC4=CC5(CCC4C3C(=C)C[C@@]21CC)SCCS5.C#C[C@]1(O)CCC2C3CCC4=CCCCC4C3C(=C)C[C@@]21CC. The Morgan fingerprint density at radius 1 is 0.731 bits per heavy atom. The van der Waals surface area contributed by atoms with Crippen LogP contribution in [0.4, 0.5) is 0 Å². The molecule has 286 valence electrons. The lowest BCUT2D eigenvalue weighted by Gasteiger charge is -2.57. The highest BCUT2D eigenvalue weighted by Gasteiger charge is 2.66. The van der Waals surface area contributed by atoms with Crippen molar-refractivity contribution in [3.05, 3.63) is 47.6 Å². The van der Waals surface area contributed by atoms with Gasteiger partial charge in [0.2, 0.25) is 0 Å². The normalized spacial score (nSPS) is 46.3. The van der Waals surface area contributed by atoms with E-state index < -0.39 is 11.2 Å². The molecule has 1 saturated heterocycles. The van der Waals surface area contributed by atoms with Crippen LogP contribution in [0.3, 0.4) is 0 Å². The largest absolute Gasteiger partial charge is 0.377 e. The van der Waals surface area contributed by atoms with Gasteiger partial charge in [-0.3, -0.25) is 0 Å². The number of allylic oxidation sites excluding steroid dienone is 5. The molecule has 1 spiro atoms. The Bertz CT molecular complexity index is 1550. The molecule has 0 aromatic carbocycles. The van der Waals surface area contributed by atoms with Gasteiger partial charge in [-0.2, -0.15) is 0 Å². The number of terminal acetylenes is 2. The summed E-state index contributed by atoms with van der Waals surface area (Å²) in [5, 5.41) is 22.5. The third-order valence-corrected chi connectivity index (χ3v) is 20.3. The molecule has 2 nitrogen and oxygen atoms in total. The number of fused-ring (bicyclic) bond motifs is 10. The van der Waals surface area contributed by atoms with Crippen LogP contribution in [0.5, 0.6) is 0 Å². The Labute approximate surface area is 327 Å². The molecule has 1 heterocycles. The van der Waals surface area contributed by atoms with Gasteiger partial charge in [-0.1, -0.05) is 88.1 Å². The van der Waals surface area contributed by atoms with E-state index in [9.17, 15) is 10.2 Å². The van der Waals surface area contributed by atoms with E-state index in [1.54, 1.807) is 11.1 Å². The summed E-state index contributed by atoms with van der Waals surface area (Å²) < 4.78 is 0.388. The molecule has 0 radical (unpaired) electrons. The van der Waals surface area contributed by atoms with Crippen molar-refractivity contribution in [2.45, 2.75) is 153 Å². The first-order chi connectivity index (χ1) is 24.0. The first-order valence-corrected chi connectivity index (χ1v) is 22.4. The highest BCUT2D eigenvalue weighted by Crippen LogP contribution is 2.69. The van der Waals surface area contributed by atoms with Crippen molar-refractivity contribution >= 4 is 23.5 Å². The minimum Gasteiger partial charge on any atom is -0.377 e. The van der Waals surface area contributed by atoms with Gasteiger partial charge in [0.15, 0.2) is 0 Å². The van der Waals surface area contributed by atoms with Crippen molar-refractivity contribution in [1.82, 2.24) is 0 Å². The summed E-state index contributed by atoms with van der Waals surface area (Å²) in [4.78, 5) is 0. The number of hydrogen-bond donors (Lipinski definition) is 2. The molecule has 0 aromatic heterocycles. The molecule has 52 heavy (non-hydrogen) atoms. The molecule has 0 aromatic rings. The van der Waals surface area contributed by atoms with Crippen LogP contribution in [0.2, 0.25) is 0 Å². The third kappa shape index (κ3) is 5.68.